The molecule has 0 aliphatic rings. The van der Waals surface area contributed by atoms with Gasteiger partial charge in [-0.05, 0) is 49.7 Å². The summed E-state index contributed by atoms with van der Waals surface area (Å²) < 4.78 is 0. The fraction of sp³-hybridized carbons (Fsp3) is 0.222. The maximum atomic E-state index is 12.1. The second-order valence-corrected chi connectivity index (χ2v) is 6.33. The topological polar surface area (TPSA) is 94.9 Å². The Morgan fingerprint density at radius 1 is 1.24 bits per heavy atom. The van der Waals surface area contributed by atoms with E-state index in [0.29, 0.717) is 21.8 Å². The number of aromatic nitrogens is 1. The Morgan fingerprint density at radius 3 is 2.52 bits per heavy atom. The second-order valence-electron chi connectivity index (χ2n) is 5.37. The number of benzene rings is 1. The number of nitrogens with zero attached hydrogens (tertiary/aromatic N) is 2. The zero-order valence-electron chi connectivity index (χ0n) is 14.2. The van der Waals surface area contributed by atoms with Crippen LogP contribution in [0.5, 0.6) is 0 Å². The Labute approximate surface area is 150 Å². The van der Waals surface area contributed by atoms with E-state index in [1.165, 1.54) is 11.8 Å². The average Bonchev–Trinajstić information content (AvgIpc) is 2.59. The Kier molecular flexibility index (Phi) is 6.14. The molecule has 128 valence electrons. The summed E-state index contributed by atoms with van der Waals surface area (Å²) >= 11 is 1.23. The van der Waals surface area contributed by atoms with Gasteiger partial charge in [0.05, 0.1) is 11.3 Å². The monoisotopic (exact) mass is 354 g/mol. The lowest BCUT2D eigenvalue weighted by atomic mass is 10.1. The molecule has 1 aromatic heterocycles. The van der Waals surface area contributed by atoms with Gasteiger partial charge in [-0.25, -0.2) is 4.98 Å². The predicted molar refractivity (Wildman–Crippen MR) is 97.6 cm³/mol. The molecule has 2 amide bonds. The fourth-order valence-electron chi connectivity index (χ4n) is 2.22. The van der Waals surface area contributed by atoms with Gasteiger partial charge >= 0.3 is 0 Å². The molecule has 0 unspecified atom stereocenters. The van der Waals surface area contributed by atoms with Gasteiger partial charge in [0.25, 0.3) is 5.91 Å². The maximum absolute atomic E-state index is 12.1. The van der Waals surface area contributed by atoms with Crippen LogP contribution < -0.4 is 10.6 Å². The number of anilines is 1. The third-order valence-corrected chi connectivity index (χ3v) is 4.40. The van der Waals surface area contributed by atoms with Gasteiger partial charge in [-0.3, -0.25) is 9.59 Å². The van der Waals surface area contributed by atoms with E-state index in [1.807, 2.05) is 19.9 Å². The maximum Gasteiger partial charge on any atom is 0.251 e. The van der Waals surface area contributed by atoms with Crippen molar-refractivity contribution in [2.75, 3.05) is 18.1 Å². The van der Waals surface area contributed by atoms with E-state index in [1.54, 1.807) is 31.3 Å². The van der Waals surface area contributed by atoms with E-state index in [-0.39, 0.29) is 17.6 Å². The highest BCUT2D eigenvalue weighted by molar-refractivity contribution is 8.00. The van der Waals surface area contributed by atoms with Gasteiger partial charge in [-0.15, -0.1) is 0 Å². The first-order chi connectivity index (χ1) is 11.9. The third kappa shape index (κ3) is 4.81. The van der Waals surface area contributed by atoms with Crippen LogP contribution >= 0.6 is 11.8 Å². The number of pyridine rings is 1. The molecule has 1 heterocycles. The summed E-state index contributed by atoms with van der Waals surface area (Å²) in [4.78, 5) is 27.9. The van der Waals surface area contributed by atoms with Crippen molar-refractivity contribution in [1.82, 2.24) is 10.3 Å². The van der Waals surface area contributed by atoms with Gasteiger partial charge in [0, 0.05) is 24.0 Å². The van der Waals surface area contributed by atoms with Gasteiger partial charge in [0.2, 0.25) is 5.91 Å². The minimum Gasteiger partial charge on any atom is -0.355 e. The number of amides is 2. The lowest BCUT2D eigenvalue weighted by Gasteiger charge is -2.08. The smallest absolute Gasteiger partial charge is 0.251 e. The van der Waals surface area contributed by atoms with E-state index < -0.39 is 0 Å². The molecule has 0 spiro atoms. The van der Waals surface area contributed by atoms with E-state index in [4.69, 9.17) is 0 Å². The van der Waals surface area contributed by atoms with Gasteiger partial charge in [-0.1, -0.05) is 11.8 Å². The van der Waals surface area contributed by atoms with Crippen LogP contribution in [-0.4, -0.2) is 29.6 Å². The molecule has 2 aromatic rings. The number of carbonyl (C=O) groups is 2. The van der Waals surface area contributed by atoms with Crippen molar-refractivity contribution in [3.8, 4) is 6.07 Å². The minimum atomic E-state index is -0.206. The van der Waals surface area contributed by atoms with Crippen LogP contribution in [0.25, 0.3) is 0 Å². The normalized spacial score (nSPS) is 10.0. The second kappa shape index (κ2) is 8.31. The van der Waals surface area contributed by atoms with E-state index >= 15 is 0 Å². The zero-order valence-corrected chi connectivity index (χ0v) is 15.0. The molecule has 1 aromatic carbocycles. The average molecular weight is 354 g/mol. The van der Waals surface area contributed by atoms with Crippen LogP contribution in [0, 0.1) is 25.2 Å². The highest BCUT2D eigenvalue weighted by Crippen LogP contribution is 2.23. The first-order valence-corrected chi connectivity index (χ1v) is 8.56. The number of rotatable bonds is 5. The van der Waals surface area contributed by atoms with Crippen molar-refractivity contribution in [3.05, 3.63) is 52.7 Å². The molecule has 0 aliphatic carbocycles. The summed E-state index contributed by atoms with van der Waals surface area (Å²) in [6.07, 6.45) is 0. The SMILES string of the molecule is CNC(=O)c1ccc(NC(=O)CSc2nc(C)cc(C)c2C#N)cc1. The van der Waals surface area contributed by atoms with Crippen molar-refractivity contribution in [2.45, 2.75) is 18.9 Å². The number of nitrogens with one attached hydrogen (secondary N) is 2. The van der Waals surface area contributed by atoms with Gasteiger partial charge in [0.1, 0.15) is 11.1 Å². The van der Waals surface area contributed by atoms with Crippen LogP contribution in [-0.2, 0) is 4.79 Å². The van der Waals surface area contributed by atoms with Crippen LogP contribution in [0.2, 0.25) is 0 Å². The lowest BCUT2D eigenvalue weighted by Crippen LogP contribution is -2.18. The quantitative estimate of drug-likeness (QED) is 0.805. The van der Waals surface area contributed by atoms with Crippen molar-refractivity contribution in [2.24, 2.45) is 0 Å². The molecule has 0 radical (unpaired) electrons. The Bertz CT molecular complexity index is 841. The lowest BCUT2D eigenvalue weighted by molar-refractivity contribution is -0.113. The Morgan fingerprint density at radius 2 is 1.92 bits per heavy atom. The number of thioether (sulfide) groups is 1. The molecular formula is C18H18N4O2S. The molecule has 0 aliphatic heterocycles. The summed E-state index contributed by atoms with van der Waals surface area (Å²) in [6, 6.07) is 10.6. The molecule has 0 atom stereocenters. The molecule has 0 saturated carbocycles. The molecule has 7 heteroatoms. The standard InChI is InChI=1S/C18H18N4O2S/c1-11-8-12(2)21-18(15(11)9-19)25-10-16(23)22-14-6-4-13(5-7-14)17(24)20-3/h4-8H,10H2,1-3H3,(H,20,24)(H,22,23). The minimum absolute atomic E-state index is 0.141. The first kappa shape index (κ1) is 18.5. The van der Waals surface area contributed by atoms with E-state index in [2.05, 4.69) is 21.7 Å². The highest BCUT2D eigenvalue weighted by Gasteiger charge is 2.12. The zero-order chi connectivity index (χ0) is 18.4. The fourth-order valence-corrected chi connectivity index (χ4v) is 3.12. The van der Waals surface area contributed by atoms with Gasteiger partial charge in [-0.2, -0.15) is 5.26 Å². The number of carbonyl (C=O) groups excluding carboxylic acids is 2. The van der Waals surface area contributed by atoms with Crippen molar-refractivity contribution < 1.29 is 9.59 Å². The van der Waals surface area contributed by atoms with Crippen LogP contribution in [0.3, 0.4) is 0 Å². The molecule has 2 N–H and O–H groups in total. The molecule has 25 heavy (non-hydrogen) atoms. The summed E-state index contributed by atoms with van der Waals surface area (Å²) in [5, 5.41) is 15.1. The van der Waals surface area contributed by atoms with Crippen LogP contribution in [0.15, 0.2) is 35.4 Å². The molecule has 2 rings (SSSR count). The number of hydrogen-bond acceptors (Lipinski definition) is 5. The number of aryl methyl sites for hydroxylation is 2. The number of hydrogen-bond donors (Lipinski definition) is 2. The van der Waals surface area contributed by atoms with Gasteiger partial charge < -0.3 is 10.6 Å². The summed E-state index contributed by atoms with van der Waals surface area (Å²) in [5.41, 5.74) is 3.28. The van der Waals surface area contributed by atoms with E-state index in [9.17, 15) is 14.9 Å². The highest BCUT2D eigenvalue weighted by atomic mass is 32.2. The Balaban J connectivity index is 2.00. The first-order valence-electron chi connectivity index (χ1n) is 7.57. The van der Waals surface area contributed by atoms with Crippen molar-refractivity contribution in [3.63, 3.8) is 0 Å². The molecule has 6 nitrogen and oxygen atoms in total. The van der Waals surface area contributed by atoms with Crippen LogP contribution in [0.1, 0.15) is 27.2 Å². The largest absolute Gasteiger partial charge is 0.355 e. The number of nitriles is 1. The molecular weight excluding hydrogens is 336 g/mol. The third-order valence-electron chi connectivity index (χ3n) is 3.42. The van der Waals surface area contributed by atoms with Crippen molar-refractivity contribution in [1.29, 1.82) is 5.26 Å². The summed E-state index contributed by atoms with van der Waals surface area (Å²) in [6.45, 7) is 3.71. The molecule has 0 fully saturated rings. The van der Waals surface area contributed by atoms with Crippen LogP contribution in [0.4, 0.5) is 5.69 Å². The molecule has 0 bridgehead atoms. The van der Waals surface area contributed by atoms with Gasteiger partial charge in [0.15, 0.2) is 0 Å². The summed E-state index contributed by atoms with van der Waals surface area (Å²) in [5.74, 6) is -0.247. The Hall–Kier alpha value is -2.85. The van der Waals surface area contributed by atoms with E-state index in [0.717, 1.165) is 11.3 Å². The van der Waals surface area contributed by atoms with Crippen molar-refractivity contribution >= 4 is 29.3 Å². The molecule has 0 saturated heterocycles. The summed E-state index contributed by atoms with van der Waals surface area (Å²) in [7, 11) is 1.56. The predicted octanol–water partition coefficient (Wildman–Crippen LogP) is 2.66.